The van der Waals surface area contributed by atoms with Crippen LogP contribution in [0.2, 0.25) is 0 Å². The third kappa shape index (κ3) is 2.58. The van der Waals surface area contributed by atoms with Crippen molar-refractivity contribution < 1.29 is 9.90 Å². The van der Waals surface area contributed by atoms with Crippen LogP contribution in [0.4, 0.5) is 0 Å². The van der Waals surface area contributed by atoms with Gasteiger partial charge < -0.3 is 10.1 Å². The zero-order valence-corrected chi connectivity index (χ0v) is 10.5. The Hall–Kier alpha value is -1.13. The summed E-state index contributed by atoms with van der Waals surface area (Å²) in [4.78, 5) is 16.3. The summed E-state index contributed by atoms with van der Waals surface area (Å²) in [6, 6.07) is 0. The molecule has 0 aliphatic carbocycles. The maximum atomic E-state index is 10.9. The van der Waals surface area contributed by atoms with Crippen LogP contribution >= 0.6 is 0 Å². The summed E-state index contributed by atoms with van der Waals surface area (Å²) in [6.45, 7) is 6.73. The second kappa shape index (κ2) is 5.02. The average Bonchev–Trinajstić information content (AvgIpc) is 2.59. The van der Waals surface area contributed by atoms with Crippen molar-refractivity contribution in [3.8, 4) is 0 Å². The average molecular weight is 236 g/mol. The van der Waals surface area contributed by atoms with Crippen molar-refractivity contribution in [3.05, 3.63) is 22.5 Å². The molecular weight excluding hydrogens is 216 g/mol. The molecule has 0 bridgehead atoms. The molecule has 1 saturated heterocycles. The standard InChI is InChI=1S/C13H20N2O2/c1-9-12(10(2)14-13(9)8-16)7-15-5-3-11(17)4-6-15/h8,11,14,17H,3-7H2,1-2H3. The Morgan fingerprint density at radius 1 is 1.41 bits per heavy atom. The number of aldehydes is 1. The van der Waals surface area contributed by atoms with Gasteiger partial charge in [-0.25, -0.2) is 0 Å². The zero-order chi connectivity index (χ0) is 12.4. The van der Waals surface area contributed by atoms with E-state index in [1.54, 1.807) is 0 Å². The molecule has 0 aromatic carbocycles. The van der Waals surface area contributed by atoms with Gasteiger partial charge in [0.25, 0.3) is 0 Å². The van der Waals surface area contributed by atoms with Gasteiger partial charge in [-0.05, 0) is 37.8 Å². The van der Waals surface area contributed by atoms with Crippen molar-refractivity contribution in [2.75, 3.05) is 13.1 Å². The molecule has 0 amide bonds. The van der Waals surface area contributed by atoms with Gasteiger partial charge in [0, 0.05) is 25.3 Å². The Kier molecular flexibility index (Phi) is 3.64. The van der Waals surface area contributed by atoms with Crippen LogP contribution in [0.5, 0.6) is 0 Å². The molecule has 0 saturated carbocycles. The van der Waals surface area contributed by atoms with E-state index in [0.717, 1.165) is 50.0 Å². The highest BCUT2D eigenvalue weighted by molar-refractivity contribution is 5.75. The van der Waals surface area contributed by atoms with Gasteiger partial charge in [0.2, 0.25) is 0 Å². The number of aromatic nitrogens is 1. The van der Waals surface area contributed by atoms with Gasteiger partial charge in [-0.3, -0.25) is 9.69 Å². The summed E-state index contributed by atoms with van der Waals surface area (Å²) in [5.74, 6) is 0. The molecule has 1 aliphatic heterocycles. The molecule has 1 aromatic rings. The van der Waals surface area contributed by atoms with E-state index in [0.29, 0.717) is 5.69 Å². The molecule has 2 rings (SSSR count). The second-order valence-electron chi connectivity index (χ2n) is 4.89. The van der Waals surface area contributed by atoms with Crippen LogP contribution in [0.1, 0.15) is 40.2 Å². The lowest BCUT2D eigenvalue weighted by molar-refractivity contribution is 0.0791. The van der Waals surface area contributed by atoms with Crippen molar-refractivity contribution in [2.45, 2.75) is 39.3 Å². The predicted octanol–water partition coefficient (Wildman–Crippen LogP) is 1.40. The number of hydrogen-bond donors (Lipinski definition) is 2. The lowest BCUT2D eigenvalue weighted by Gasteiger charge is -2.29. The summed E-state index contributed by atoms with van der Waals surface area (Å²) in [7, 11) is 0. The highest BCUT2D eigenvalue weighted by atomic mass is 16.3. The first kappa shape index (κ1) is 12.3. The van der Waals surface area contributed by atoms with Crippen molar-refractivity contribution in [1.29, 1.82) is 0 Å². The first-order valence-electron chi connectivity index (χ1n) is 6.15. The van der Waals surface area contributed by atoms with Crippen LogP contribution < -0.4 is 0 Å². The van der Waals surface area contributed by atoms with E-state index < -0.39 is 0 Å². The van der Waals surface area contributed by atoms with E-state index in [4.69, 9.17) is 0 Å². The molecule has 2 heterocycles. The van der Waals surface area contributed by atoms with E-state index in [1.165, 1.54) is 5.56 Å². The van der Waals surface area contributed by atoms with E-state index in [-0.39, 0.29) is 6.10 Å². The molecule has 0 unspecified atom stereocenters. The normalized spacial score (nSPS) is 18.5. The number of hydrogen-bond acceptors (Lipinski definition) is 3. The van der Waals surface area contributed by atoms with Crippen molar-refractivity contribution in [3.63, 3.8) is 0 Å². The number of nitrogens with one attached hydrogen (secondary N) is 1. The van der Waals surface area contributed by atoms with Crippen LogP contribution in [0, 0.1) is 13.8 Å². The first-order valence-corrected chi connectivity index (χ1v) is 6.15. The SMILES string of the molecule is Cc1[nH]c(C=O)c(C)c1CN1CCC(O)CC1. The lowest BCUT2D eigenvalue weighted by atomic mass is 10.1. The molecule has 17 heavy (non-hydrogen) atoms. The van der Waals surface area contributed by atoms with Gasteiger partial charge in [-0.15, -0.1) is 0 Å². The Morgan fingerprint density at radius 2 is 2.06 bits per heavy atom. The maximum absolute atomic E-state index is 10.9. The molecule has 0 atom stereocenters. The fraction of sp³-hybridized carbons (Fsp3) is 0.615. The number of aromatic amines is 1. The fourth-order valence-electron chi connectivity index (χ4n) is 2.47. The minimum Gasteiger partial charge on any atom is -0.393 e. The smallest absolute Gasteiger partial charge is 0.166 e. The molecule has 4 heteroatoms. The van der Waals surface area contributed by atoms with Crippen molar-refractivity contribution >= 4 is 6.29 Å². The van der Waals surface area contributed by atoms with E-state index in [2.05, 4.69) is 9.88 Å². The minimum atomic E-state index is -0.134. The van der Waals surface area contributed by atoms with Gasteiger partial charge in [0.05, 0.1) is 11.8 Å². The Bertz CT molecular complexity index is 404. The largest absolute Gasteiger partial charge is 0.393 e. The Balaban J connectivity index is 2.08. The summed E-state index contributed by atoms with van der Waals surface area (Å²) < 4.78 is 0. The highest BCUT2D eigenvalue weighted by Crippen LogP contribution is 2.20. The number of aliphatic hydroxyl groups is 1. The zero-order valence-electron chi connectivity index (χ0n) is 10.5. The molecule has 0 radical (unpaired) electrons. The van der Waals surface area contributed by atoms with E-state index >= 15 is 0 Å². The first-order chi connectivity index (χ1) is 8.11. The van der Waals surface area contributed by atoms with Crippen LogP contribution in [0.15, 0.2) is 0 Å². The molecule has 1 fully saturated rings. The summed E-state index contributed by atoms with van der Waals surface area (Å²) in [6.07, 6.45) is 2.45. The predicted molar refractivity (Wildman–Crippen MR) is 66.2 cm³/mol. The number of aliphatic hydroxyl groups excluding tert-OH is 1. The summed E-state index contributed by atoms with van der Waals surface area (Å²) in [5, 5.41) is 9.47. The van der Waals surface area contributed by atoms with Gasteiger partial charge in [-0.1, -0.05) is 0 Å². The van der Waals surface area contributed by atoms with Gasteiger partial charge in [-0.2, -0.15) is 0 Å². The molecule has 94 valence electrons. The number of likely N-dealkylation sites (tertiary alicyclic amines) is 1. The monoisotopic (exact) mass is 236 g/mol. The molecule has 1 aliphatic rings. The molecule has 1 aromatic heterocycles. The molecule has 2 N–H and O–H groups in total. The highest BCUT2D eigenvalue weighted by Gasteiger charge is 2.19. The number of carbonyl (C=O) groups excluding carboxylic acids is 1. The molecule has 4 nitrogen and oxygen atoms in total. The summed E-state index contributed by atoms with van der Waals surface area (Å²) in [5.41, 5.74) is 4.05. The fourth-order valence-corrected chi connectivity index (χ4v) is 2.47. The van der Waals surface area contributed by atoms with Gasteiger partial charge >= 0.3 is 0 Å². The van der Waals surface area contributed by atoms with Crippen molar-refractivity contribution in [2.24, 2.45) is 0 Å². The number of piperidine rings is 1. The number of nitrogens with zero attached hydrogens (tertiary/aromatic N) is 1. The van der Waals surface area contributed by atoms with E-state index in [9.17, 15) is 9.90 Å². The van der Waals surface area contributed by atoms with Crippen LogP contribution in [0.3, 0.4) is 0 Å². The number of rotatable bonds is 3. The van der Waals surface area contributed by atoms with Gasteiger partial charge in [0.15, 0.2) is 6.29 Å². The van der Waals surface area contributed by atoms with Crippen LogP contribution in [0.25, 0.3) is 0 Å². The Labute approximate surface area is 102 Å². The van der Waals surface area contributed by atoms with Crippen molar-refractivity contribution in [1.82, 2.24) is 9.88 Å². The lowest BCUT2D eigenvalue weighted by Crippen LogP contribution is -2.35. The van der Waals surface area contributed by atoms with Gasteiger partial charge in [0.1, 0.15) is 0 Å². The third-order valence-electron chi connectivity index (χ3n) is 3.69. The van der Waals surface area contributed by atoms with E-state index in [1.807, 2.05) is 13.8 Å². The quantitative estimate of drug-likeness (QED) is 0.780. The molecule has 0 spiro atoms. The number of carbonyl (C=O) groups is 1. The topological polar surface area (TPSA) is 56.3 Å². The number of aryl methyl sites for hydroxylation is 1. The van der Waals surface area contributed by atoms with Crippen LogP contribution in [-0.2, 0) is 6.54 Å². The molecular formula is C13H20N2O2. The number of H-pyrrole nitrogens is 1. The second-order valence-corrected chi connectivity index (χ2v) is 4.89. The summed E-state index contributed by atoms with van der Waals surface area (Å²) >= 11 is 0. The van der Waals surface area contributed by atoms with Crippen LogP contribution in [-0.4, -0.2) is 40.5 Å². The third-order valence-corrected chi connectivity index (χ3v) is 3.69. The minimum absolute atomic E-state index is 0.134. The Morgan fingerprint density at radius 3 is 2.59 bits per heavy atom. The maximum Gasteiger partial charge on any atom is 0.166 e.